The molecule has 1 aromatic heterocycles. The highest BCUT2D eigenvalue weighted by Gasteiger charge is 2.29. The Balaban J connectivity index is 1.11. The third kappa shape index (κ3) is 8.75. The van der Waals surface area contributed by atoms with Gasteiger partial charge in [-0.05, 0) is 107 Å². The maximum absolute atomic E-state index is 5.39. The van der Waals surface area contributed by atoms with Gasteiger partial charge in [0, 0.05) is 16.7 Å². The van der Waals surface area contributed by atoms with Crippen LogP contribution in [0.15, 0.2) is 291 Å². The summed E-state index contributed by atoms with van der Waals surface area (Å²) in [6, 6.07) is 104. The number of nitrogens with zero attached hydrogens (tertiary/aromatic N) is 2. The summed E-state index contributed by atoms with van der Waals surface area (Å²) in [5.41, 5.74) is 23.2. The molecule has 12 rings (SSSR count). The van der Waals surface area contributed by atoms with Gasteiger partial charge in [0.25, 0.3) is 0 Å². The average molecular weight is 917 g/mol. The minimum atomic E-state index is 0.658. The first-order chi connectivity index (χ1) is 35.7. The molecule has 0 saturated carbocycles. The Hall–Kier alpha value is -9.50. The largest absolute Gasteiger partial charge is 0.228 e. The van der Waals surface area contributed by atoms with Crippen LogP contribution in [0.4, 0.5) is 0 Å². The van der Waals surface area contributed by atoms with Crippen LogP contribution < -0.4 is 0 Å². The molecule has 0 unspecified atom stereocenters. The van der Waals surface area contributed by atoms with Crippen LogP contribution in [-0.4, -0.2) is 9.97 Å². The van der Waals surface area contributed by atoms with Crippen LogP contribution in [-0.2, 0) is 0 Å². The molecule has 0 amide bonds. The van der Waals surface area contributed by atoms with E-state index >= 15 is 0 Å². The summed E-state index contributed by atoms with van der Waals surface area (Å²) in [6.45, 7) is 0. The molecule has 1 heterocycles. The summed E-state index contributed by atoms with van der Waals surface area (Å²) in [5, 5.41) is 0. The maximum atomic E-state index is 5.39. The number of benzene rings is 11. The van der Waals surface area contributed by atoms with Crippen LogP contribution >= 0.6 is 0 Å². The van der Waals surface area contributed by atoms with Crippen LogP contribution in [0.2, 0.25) is 0 Å². The van der Waals surface area contributed by atoms with E-state index in [1.165, 1.54) is 27.8 Å². The Kier molecular flexibility index (Phi) is 12.1. The smallest absolute Gasteiger partial charge is 0.160 e. The minimum absolute atomic E-state index is 0.658. The predicted molar refractivity (Wildman–Crippen MR) is 302 cm³/mol. The van der Waals surface area contributed by atoms with Crippen molar-refractivity contribution in [1.82, 2.24) is 9.97 Å². The van der Waals surface area contributed by atoms with Gasteiger partial charge < -0.3 is 0 Å². The molecule has 0 spiro atoms. The van der Waals surface area contributed by atoms with Crippen molar-refractivity contribution in [2.24, 2.45) is 0 Å². The van der Waals surface area contributed by atoms with Crippen LogP contribution in [0.1, 0.15) is 0 Å². The van der Waals surface area contributed by atoms with E-state index in [1.54, 1.807) is 0 Å². The lowest BCUT2D eigenvalue weighted by atomic mass is 9.74. The second-order valence-corrected chi connectivity index (χ2v) is 18.0. The lowest BCUT2D eigenvalue weighted by Crippen LogP contribution is -2.02. The molecule has 0 atom stereocenters. The number of rotatable bonds is 11. The van der Waals surface area contributed by atoms with Gasteiger partial charge in [-0.1, -0.05) is 273 Å². The Morgan fingerprint density at radius 2 is 0.375 bits per heavy atom. The van der Waals surface area contributed by atoms with E-state index in [0.29, 0.717) is 5.82 Å². The fourth-order valence-electron chi connectivity index (χ4n) is 10.1. The molecule has 72 heavy (non-hydrogen) atoms. The normalized spacial score (nSPS) is 11.1. The lowest BCUT2D eigenvalue weighted by molar-refractivity contribution is 1.18. The van der Waals surface area contributed by atoms with E-state index in [4.69, 9.17) is 9.97 Å². The fourth-order valence-corrected chi connectivity index (χ4v) is 10.1. The molecule has 0 aliphatic carbocycles. The monoisotopic (exact) mass is 916 g/mol. The average Bonchev–Trinajstić information content (AvgIpc) is 3.48. The van der Waals surface area contributed by atoms with Crippen molar-refractivity contribution in [2.45, 2.75) is 0 Å². The van der Waals surface area contributed by atoms with Crippen LogP contribution in [0.25, 0.3) is 123 Å². The van der Waals surface area contributed by atoms with Crippen LogP contribution in [0.5, 0.6) is 0 Å². The van der Waals surface area contributed by atoms with E-state index in [0.717, 1.165) is 89.3 Å². The summed E-state index contributed by atoms with van der Waals surface area (Å²) in [6.07, 6.45) is 0. The molecule has 338 valence electrons. The lowest BCUT2D eigenvalue weighted by Gasteiger charge is -2.28. The van der Waals surface area contributed by atoms with E-state index < -0.39 is 0 Å². The molecule has 0 fully saturated rings. The molecule has 0 bridgehead atoms. The maximum Gasteiger partial charge on any atom is 0.160 e. The third-order valence-electron chi connectivity index (χ3n) is 13.5. The molecule has 2 heteroatoms. The molecule has 0 aliphatic rings. The van der Waals surface area contributed by atoms with Crippen LogP contribution in [0, 0.1) is 0 Å². The molecular weight excluding hydrogens is 869 g/mol. The van der Waals surface area contributed by atoms with Crippen molar-refractivity contribution in [3.8, 4) is 123 Å². The molecule has 12 aromatic rings. The second-order valence-electron chi connectivity index (χ2n) is 18.0. The number of hydrogen-bond acceptors (Lipinski definition) is 2. The first-order valence-corrected chi connectivity index (χ1v) is 24.6. The Bertz CT molecular complexity index is 3580. The summed E-state index contributed by atoms with van der Waals surface area (Å²) < 4.78 is 0. The standard InChI is InChI=1S/C70H48N2/c1-8-24-49(25-9-1)58-38-22-40-60(46-58)62-48-63(61-41-23-39-59(47-61)50-26-10-2-11-27-50)72-70(71-62)57-44-42-56(43-45-57)69-67(54-34-18-6-19-35-54)65(52-30-14-4-15-31-52)64(51-28-12-3-13-29-51)66(53-32-16-5-17-33-53)68(69)55-36-20-7-21-37-55/h1-48H. The van der Waals surface area contributed by atoms with Gasteiger partial charge in [-0.3, -0.25) is 0 Å². The first kappa shape index (κ1) is 43.8. The molecule has 11 aromatic carbocycles. The highest BCUT2D eigenvalue weighted by Crippen LogP contribution is 2.56. The Labute approximate surface area is 421 Å². The molecule has 0 saturated heterocycles. The van der Waals surface area contributed by atoms with E-state index in [2.05, 4.69) is 291 Å². The Morgan fingerprint density at radius 3 is 0.667 bits per heavy atom. The predicted octanol–water partition coefficient (Wildman–Crippen LogP) is 18.8. The summed E-state index contributed by atoms with van der Waals surface area (Å²) in [7, 11) is 0. The SMILES string of the molecule is c1ccc(-c2cccc(-c3cc(-c4cccc(-c5ccccc5)c4)nc(-c4ccc(-c5c(-c6ccccc6)c(-c6ccccc6)c(-c6ccccc6)c(-c6ccccc6)c5-c5ccccc5)cc4)n3)c2)cc1. The van der Waals surface area contributed by atoms with Crippen molar-refractivity contribution in [2.75, 3.05) is 0 Å². The summed E-state index contributed by atoms with van der Waals surface area (Å²) in [4.78, 5) is 10.8. The topological polar surface area (TPSA) is 25.8 Å². The highest BCUT2D eigenvalue weighted by atomic mass is 14.9. The van der Waals surface area contributed by atoms with E-state index in [9.17, 15) is 0 Å². The molecule has 0 N–H and O–H groups in total. The van der Waals surface area contributed by atoms with Gasteiger partial charge in [-0.25, -0.2) is 9.97 Å². The quantitative estimate of drug-likeness (QED) is 0.129. The van der Waals surface area contributed by atoms with Gasteiger partial charge in [-0.2, -0.15) is 0 Å². The number of aromatic nitrogens is 2. The van der Waals surface area contributed by atoms with Gasteiger partial charge >= 0.3 is 0 Å². The van der Waals surface area contributed by atoms with Gasteiger partial charge in [0.2, 0.25) is 0 Å². The van der Waals surface area contributed by atoms with Gasteiger partial charge in [0.05, 0.1) is 11.4 Å². The number of hydrogen-bond donors (Lipinski definition) is 0. The van der Waals surface area contributed by atoms with Crippen molar-refractivity contribution >= 4 is 0 Å². The molecule has 0 aliphatic heterocycles. The van der Waals surface area contributed by atoms with Gasteiger partial charge in [0.15, 0.2) is 5.82 Å². The molecular formula is C70H48N2. The van der Waals surface area contributed by atoms with E-state index in [-0.39, 0.29) is 0 Å². The van der Waals surface area contributed by atoms with Crippen molar-refractivity contribution in [1.29, 1.82) is 0 Å². The minimum Gasteiger partial charge on any atom is -0.228 e. The zero-order valence-electron chi connectivity index (χ0n) is 39.6. The van der Waals surface area contributed by atoms with Crippen molar-refractivity contribution in [3.63, 3.8) is 0 Å². The van der Waals surface area contributed by atoms with Crippen LogP contribution in [0.3, 0.4) is 0 Å². The third-order valence-corrected chi connectivity index (χ3v) is 13.5. The van der Waals surface area contributed by atoms with E-state index in [1.807, 2.05) is 0 Å². The highest BCUT2D eigenvalue weighted by molar-refractivity contribution is 6.15. The zero-order chi connectivity index (χ0) is 48.1. The first-order valence-electron chi connectivity index (χ1n) is 24.6. The van der Waals surface area contributed by atoms with Crippen molar-refractivity contribution in [3.05, 3.63) is 291 Å². The fraction of sp³-hybridized carbons (Fsp3) is 0. The molecule has 2 nitrogen and oxygen atoms in total. The Morgan fingerprint density at radius 1 is 0.153 bits per heavy atom. The van der Waals surface area contributed by atoms with Gasteiger partial charge in [-0.15, -0.1) is 0 Å². The summed E-state index contributed by atoms with van der Waals surface area (Å²) in [5.74, 6) is 0.658. The van der Waals surface area contributed by atoms with Gasteiger partial charge in [0.1, 0.15) is 0 Å². The second kappa shape index (κ2) is 19.8. The zero-order valence-corrected chi connectivity index (χ0v) is 39.6. The van der Waals surface area contributed by atoms with Crippen molar-refractivity contribution < 1.29 is 0 Å². The summed E-state index contributed by atoms with van der Waals surface area (Å²) >= 11 is 0. The molecule has 0 radical (unpaired) electrons.